The normalized spacial score (nSPS) is 11.1. The standard InChI is InChI=1S/C9H12ClN5/c10-7-3-1-6(2-4-7)5-14-9(13)15-8(11)12/h1-4H,5H2,(H6,11,12,13,14,15)/p+2. The first-order chi connectivity index (χ1) is 7.08. The lowest BCUT2D eigenvalue weighted by Crippen LogP contribution is -2.97. The quantitative estimate of drug-likeness (QED) is 0.269. The fourth-order valence-corrected chi connectivity index (χ4v) is 1.13. The molecule has 5 nitrogen and oxygen atoms in total. The second kappa shape index (κ2) is 5.21. The molecule has 0 amide bonds. The van der Waals surface area contributed by atoms with Gasteiger partial charge < -0.3 is 0 Å². The molecule has 0 atom stereocenters. The largest absolute Gasteiger partial charge is 0.385 e. The third-order valence-electron chi connectivity index (χ3n) is 1.68. The van der Waals surface area contributed by atoms with Crippen LogP contribution in [0.1, 0.15) is 5.56 Å². The van der Waals surface area contributed by atoms with Gasteiger partial charge in [0.1, 0.15) is 0 Å². The van der Waals surface area contributed by atoms with E-state index in [4.69, 9.17) is 28.8 Å². The van der Waals surface area contributed by atoms with E-state index in [1.807, 2.05) is 24.3 Å². The highest BCUT2D eigenvalue weighted by atomic mass is 35.5. The Kier molecular flexibility index (Phi) is 3.93. The molecule has 1 aromatic rings. The summed E-state index contributed by atoms with van der Waals surface area (Å²) in [6.07, 6.45) is 0. The van der Waals surface area contributed by atoms with E-state index >= 15 is 0 Å². The lowest BCUT2D eigenvalue weighted by molar-refractivity contribution is -0.536. The van der Waals surface area contributed by atoms with E-state index in [9.17, 15) is 0 Å². The summed E-state index contributed by atoms with van der Waals surface area (Å²) in [6, 6.07) is 7.42. The van der Waals surface area contributed by atoms with Crippen molar-refractivity contribution >= 4 is 23.5 Å². The lowest BCUT2D eigenvalue weighted by atomic mass is 10.2. The zero-order valence-electron chi connectivity index (χ0n) is 8.13. The summed E-state index contributed by atoms with van der Waals surface area (Å²) in [6.45, 7) is 0.573. The van der Waals surface area contributed by atoms with Gasteiger partial charge in [0.05, 0.1) is 6.54 Å². The van der Waals surface area contributed by atoms with Gasteiger partial charge in [-0.2, -0.15) is 4.99 Å². The van der Waals surface area contributed by atoms with E-state index in [1.54, 1.807) is 0 Å². The van der Waals surface area contributed by atoms with E-state index in [1.165, 1.54) is 0 Å². The summed E-state index contributed by atoms with van der Waals surface area (Å²) >= 11 is 5.74. The molecule has 1 aromatic carbocycles. The van der Waals surface area contributed by atoms with Crippen LogP contribution in [0, 0.1) is 0 Å². The number of hydrogen-bond acceptors (Lipinski definition) is 0. The van der Waals surface area contributed by atoms with Gasteiger partial charge in [0.2, 0.25) is 0 Å². The fraction of sp³-hybridized carbons (Fsp3) is 0.111. The van der Waals surface area contributed by atoms with Crippen LogP contribution in [0.5, 0.6) is 0 Å². The minimum absolute atomic E-state index is 0.0520. The second-order valence-electron chi connectivity index (χ2n) is 2.97. The van der Waals surface area contributed by atoms with Crippen molar-refractivity contribution in [2.75, 3.05) is 0 Å². The Morgan fingerprint density at radius 3 is 2.27 bits per heavy atom. The van der Waals surface area contributed by atoms with Gasteiger partial charge in [0.25, 0.3) is 0 Å². The number of nitrogens with one attached hydrogen (secondary N) is 2. The number of halogens is 1. The van der Waals surface area contributed by atoms with Gasteiger partial charge >= 0.3 is 11.9 Å². The van der Waals surface area contributed by atoms with E-state index < -0.39 is 0 Å². The number of nitrogens with two attached hydrogens (primary N) is 3. The van der Waals surface area contributed by atoms with E-state index in [-0.39, 0.29) is 5.96 Å². The molecule has 0 aliphatic heterocycles. The van der Waals surface area contributed by atoms with Crippen LogP contribution in [0.15, 0.2) is 24.3 Å². The van der Waals surface area contributed by atoms with Crippen LogP contribution in [-0.4, -0.2) is 11.9 Å². The summed E-state index contributed by atoms with van der Waals surface area (Å²) in [5, 5.41) is 0.702. The van der Waals surface area contributed by atoms with Crippen molar-refractivity contribution in [3.63, 3.8) is 0 Å². The van der Waals surface area contributed by atoms with Gasteiger partial charge in [-0.3, -0.25) is 22.2 Å². The topological polar surface area (TPSA) is 106 Å². The van der Waals surface area contributed by atoms with Gasteiger partial charge in [0.15, 0.2) is 0 Å². The molecule has 8 N–H and O–H groups in total. The van der Waals surface area contributed by atoms with Gasteiger partial charge in [-0.1, -0.05) is 23.7 Å². The van der Waals surface area contributed by atoms with Crippen LogP contribution in [0.2, 0.25) is 5.02 Å². The van der Waals surface area contributed by atoms with E-state index in [0.717, 1.165) is 5.56 Å². The molecule has 0 aromatic heterocycles. The Balaban J connectivity index is 2.64. The zero-order valence-corrected chi connectivity index (χ0v) is 8.88. The van der Waals surface area contributed by atoms with Crippen LogP contribution >= 0.6 is 11.6 Å². The second-order valence-corrected chi connectivity index (χ2v) is 3.41. The van der Waals surface area contributed by atoms with Gasteiger partial charge in [-0.05, 0) is 17.7 Å². The molecule has 0 radical (unpaired) electrons. The Hall–Kier alpha value is -1.75. The Morgan fingerprint density at radius 2 is 1.73 bits per heavy atom. The number of guanidine groups is 2. The SMILES string of the molecule is NC(N)=[NH+]C(N)=[NH+]Cc1ccc(Cl)cc1. The molecule has 0 unspecified atom stereocenters. The summed E-state index contributed by atoms with van der Waals surface area (Å²) in [5.74, 6) is 0.362. The smallest absolute Gasteiger partial charge is 0.275 e. The monoisotopic (exact) mass is 227 g/mol. The summed E-state index contributed by atoms with van der Waals surface area (Å²) in [4.78, 5) is 5.46. The number of benzene rings is 1. The zero-order chi connectivity index (χ0) is 11.3. The third kappa shape index (κ3) is 4.33. The van der Waals surface area contributed by atoms with Crippen LogP contribution in [0.3, 0.4) is 0 Å². The molecule has 1 rings (SSSR count). The summed E-state index contributed by atoms with van der Waals surface area (Å²) in [7, 11) is 0. The van der Waals surface area contributed by atoms with Crippen LogP contribution < -0.4 is 27.2 Å². The van der Waals surface area contributed by atoms with Crippen LogP contribution in [-0.2, 0) is 6.54 Å². The van der Waals surface area contributed by atoms with Crippen molar-refractivity contribution in [1.82, 2.24) is 0 Å². The molecule has 0 bridgehead atoms. The Bertz CT molecular complexity index is 378. The summed E-state index contributed by atoms with van der Waals surface area (Å²) in [5.41, 5.74) is 17.0. The summed E-state index contributed by atoms with van der Waals surface area (Å²) < 4.78 is 0. The molecule has 0 aliphatic carbocycles. The first kappa shape index (κ1) is 11.3. The maximum absolute atomic E-state index is 5.74. The van der Waals surface area contributed by atoms with Crippen LogP contribution in [0.4, 0.5) is 0 Å². The molecule has 0 fully saturated rings. The number of rotatable bonds is 2. The van der Waals surface area contributed by atoms with Crippen molar-refractivity contribution in [2.24, 2.45) is 17.2 Å². The van der Waals surface area contributed by atoms with Crippen molar-refractivity contribution in [2.45, 2.75) is 6.54 Å². The first-order valence-corrected chi connectivity index (χ1v) is 4.71. The molecule has 15 heavy (non-hydrogen) atoms. The predicted octanol–water partition coefficient (Wildman–Crippen LogP) is -3.41. The highest BCUT2D eigenvalue weighted by Gasteiger charge is 1.98. The average molecular weight is 228 g/mol. The minimum atomic E-state index is 0.0520. The molecule has 0 saturated carbocycles. The molecule has 0 saturated heterocycles. The lowest BCUT2D eigenvalue weighted by Gasteiger charge is -1.94. The molecular formula is C9H14ClN5+2. The Morgan fingerprint density at radius 1 is 1.13 bits per heavy atom. The molecule has 0 aliphatic rings. The maximum Gasteiger partial charge on any atom is 0.385 e. The number of hydrogen-bond donors (Lipinski definition) is 5. The van der Waals surface area contributed by atoms with E-state index in [0.29, 0.717) is 17.5 Å². The van der Waals surface area contributed by atoms with E-state index in [2.05, 4.69) is 9.98 Å². The maximum atomic E-state index is 5.74. The van der Waals surface area contributed by atoms with Crippen molar-refractivity contribution in [3.05, 3.63) is 34.9 Å². The molecule has 0 spiro atoms. The fourth-order valence-electron chi connectivity index (χ4n) is 0.999. The highest BCUT2D eigenvalue weighted by Crippen LogP contribution is 2.07. The minimum Gasteiger partial charge on any atom is -0.275 e. The third-order valence-corrected chi connectivity index (χ3v) is 1.93. The van der Waals surface area contributed by atoms with Crippen molar-refractivity contribution in [1.29, 1.82) is 0 Å². The molecular weight excluding hydrogens is 214 g/mol. The Labute approximate surface area is 92.6 Å². The molecule has 0 heterocycles. The predicted molar refractivity (Wildman–Crippen MR) is 59.7 cm³/mol. The molecule has 80 valence electrons. The van der Waals surface area contributed by atoms with Gasteiger partial charge in [0, 0.05) is 5.02 Å². The van der Waals surface area contributed by atoms with Crippen molar-refractivity contribution in [3.8, 4) is 0 Å². The molecule has 6 heteroatoms. The van der Waals surface area contributed by atoms with Crippen molar-refractivity contribution < 1.29 is 9.98 Å². The van der Waals surface area contributed by atoms with Crippen LogP contribution in [0.25, 0.3) is 0 Å². The van der Waals surface area contributed by atoms with Gasteiger partial charge in [-0.25, -0.2) is 0 Å². The van der Waals surface area contributed by atoms with Gasteiger partial charge in [-0.15, -0.1) is 0 Å². The first-order valence-electron chi connectivity index (χ1n) is 4.33. The highest BCUT2D eigenvalue weighted by molar-refractivity contribution is 6.30. The average Bonchev–Trinajstić information content (AvgIpc) is 2.16.